The standard InChI is InChI=1S/C22H30O5/c1-17(23)9-5-2-3-8-12-20-21(25)16-27-22(20)14-13-18(24)15-26-19-10-6-4-7-11-19/h2-4,6-7,10-11,13-14,18,20-22,24-25H,5,8-9,12,15-16H2,1H3/b3-2-,14-13?/t18-,20+,21+,22-/m1/s1. The molecule has 0 unspecified atom stereocenters. The molecule has 0 bridgehead atoms. The Morgan fingerprint density at radius 2 is 2.04 bits per heavy atom. The van der Waals surface area contributed by atoms with E-state index in [1.54, 1.807) is 13.0 Å². The number of hydrogen-bond donors (Lipinski definition) is 2. The molecule has 5 heteroatoms. The van der Waals surface area contributed by atoms with Crippen LogP contribution in [0, 0.1) is 5.92 Å². The second kappa shape index (κ2) is 11.7. The van der Waals surface area contributed by atoms with E-state index in [1.807, 2.05) is 42.5 Å². The molecule has 5 nitrogen and oxygen atoms in total. The summed E-state index contributed by atoms with van der Waals surface area (Å²) < 4.78 is 11.2. The lowest BCUT2D eigenvalue weighted by Gasteiger charge is -2.17. The van der Waals surface area contributed by atoms with Crippen molar-refractivity contribution in [2.75, 3.05) is 13.2 Å². The SMILES string of the molecule is CC(=O)CC/C=C\CC[C@H]1[C@@H](O)CO[C@@H]1C=C[C@@H](O)COc1ccccc1. The Kier molecular flexibility index (Phi) is 9.25. The molecule has 1 fully saturated rings. The smallest absolute Gasteiger partial charge is 0.130 e. The van der Waals surface area contributed by atoms with Gasteiger partial charge < -0.3 is 24.5 Å². The van der Waals surface area contributed by atoms with Crippen molar-refractivity contribution in [3.8, 4) is 5.75 Å². The fourth-order valence-electron chi connectivity index (χ4n) is 3.03. The summed E-state index contributed by atoms with van der Waals surface area (Å²) in [4.78, 5) is 10.9. The average molecular weight is 374 g/mol. The molecular weight excluding hydrogens is 344 g/mol. The van der Waals surface area contributed by atoms with E-state index in [0.717, 1.165) is 19.3 Å². The molecule has 0 radical (unpaired) electrons. The summed E-state index contributed by atoms with van der Waals surface area (Å²) in [5, 5.41) is 20.2. The molecule has 4 atom stereocenters. The Hall–Kier alpha value is -1.95. The molecule has 2 N–H and O–H groups in total. The van der Waals surface area contributed by atoms with Crippen molar-refractivity contribution in [2.45, 2.75) is 50.9 Å². The zero-order valence-electron chi connectivity index (χ0n) is 15.9. The topological polar surface area (TPSA) is 76.0 Å². The van der Waals surface area contributed by atoms with Crippen LogP contribution in [0.3, 0.4) is 0 Å². The van der Waals surface area contributed by atoms with E-state index in [2.05, 4.69) is 6.08 Å². The molecule has 1 aromatic carbocycles. The Morgan fingerprint density at radius 3 is 2.78 bits per heavy atom. The molecular formula is C22H30O5. The number of aliphatic hydroxyl groups is 2. The fraction of sp³-hybridized carbons (Fsp3) is 0.500. The molecule has 2 rings (SSSR count). The minimum atomic E-state index is -0.737. The molecule has 0 saturated carbocycles. The van der Waals surface area contributed by atoms with Crippen LogP contribution in [-0.4, -0.2) is 47.5 Å². The van der Waals surface area contributed by atoms with Gasteiger partial charge in [-0.1, -0.05) is 42.5 Å². The van der Waals surface area contributed by atoms with Crippen LogP contribution in [0.4, 0.5) is 0 Å². The lowest BCUT2D eigenvalue weighted by atomic mass is 9.93. The Labute approximate surface area is 161 Å². The van der Waals surface area contributed by atoms with E-state index >= 15 is 0 Å². The van der Waals surface area contributed by atoms with Crippen LogP contribution in [0.5, 0.6) is 5.75 Å². The molecule has 27 heavy (non-hydrogen) atoms. The van der Waals surface area contributed by atoms with Crippen molar-refractivity contribution in [3.63, 3.8) is 0 Å². The van der Waals surface area contributed by atoms with Gasteiger partial charge >= 0.3 is 0 Å². The van der Waals surface area contributed by atoms with Crippen molar-refractivity contribution in [1.29, 1.82) is 0 Å². The summed E-state index contributed by atoms with van der Waals surface area (Å²) in [6.45, 7) is 2.07. The first-order valence-electron chi connectivity index (χ1n) is 9.54. The van der Waals surface area contributed by atoms with E-state index in [-0.39, 0.29) is 24.4 Å². The van der Waals surface area contributed by atoms with Crippen LogP contribution in [0.1, 0.15) is 32.6 Å². The number of allylic oxidation sites excluding steroid dienone is 2. The lowest BCUT2D eigenvalue weighted by Crippen LogP contribution is -2.23. The zero-order chi connectivity index (χ0) is 19.5. The van der Waals surface area contributed by atoms with E-state index < -0.39 is 12.2 Å². The maximum atomic E-state index is 10.9. The largest absolute Gasteiger partial charge is 0.491 e. The molecule has 1 aliphatic heterocycles. The van der Waals surface area contributed by atoms with Crippen molar-refractivity contribution < 1.29 is 24.5 Å². The number of ether oxygens (including phenoxy) is 2. The number of ketones is 1. The summed E-state index contributed by atoms with van der Waals surface area (Å²) >= 11 is 0. The van der Waals surface area contributed by atoms with Crippen LogP contribution in [0.15, 0.2) is 54.6 Å². The highest BCUT2D eigenvalue weighted by molar-refractivity contribution is 5.75. The summed E-state index contributed by atoms with van der Waals surface area (Å²) in [5.74, 6) is 0.909. The second-order valence-corrected chi connectivity index (χ2v) is 6.89. The van der Waals surface area contributed by atoms with Crippen LogP contribution in [0.25, 0.3) is 0 Å². The Morgan fingerprint density at radius 1 is 1.30 bits per heavy atom. The quantitative estimate of drug-likeness (QED) is 0.582. The first kappa shape index (κ1) is 21.4. The zero-order valence-corrected chi connectivity index (χ0v) is 15.9. The van der Waals surface area contributed by atoms with Crippen LogP contribution >= 0.6 is 0 Å². The predicted molar refractivity (Wildman–Crippen MR) is 105 cm³/mol. The number of carbonyl (C=O) groups is 1. The van der Waals surface area contributed by atoms with Gasteiger partial charge in [0.05, 0.1) is 18.8 Å². The second-order valence-electron chi connectivity index (χ2n) is 6.89. The van der Waals surface area contributed by atoms with E-state index in [9.17, 15) is 15.0 Å². The third-order valence-electron chi connectivity index (χ3n) is 4.56. The molecule has 0 aromatic heterocycles. The monoisotopic (exact) mass is 374 g/mol. The molecule has 0 aliphatic carbocycles. The van der Waals surface area contributed by atoms with Crippen LogP contribution < -0.4 is 4.74 Å². The predicted octanol–water partition coefficient (Wildman–Crippen LogP) is 3.06. The molecule has 148 valence electrons. The minimum Gasteiger partial charge on any atom is -0.491 e. The highest BCUT2D eigenvalue weighted by Gasteiger charge is 2.33. The van der Waals surface area contributed by atoms with Gasteiger partial charge in [0.15, 0.2) is 0 Å². The maximum Gasteiger partial charge on any atom is 0.130 e. The van der Waals surface area contributed by atoms with Gasteiger partial charge in [-0.2, -0.15) is 0 Å². The lowest BCUT2D eigenvalue weighted by molar-refractivity contribution is -0.116. The molecule has 1 aliphatic rings. The summed E-state index contributed by atoms with van der Waals surface area (Å²) in [7, 11) is 0. The molecule has 0 amide bonds. The highest BCUT2D eigenvalue weighted by Crippen LogP contribution is 2.27. The Bertz CT molecular complexity index is 610. The van der Waals surface area contributed by atoms with Gasteiger partial charge in [-0.25, -0.2) is 0 Å². The first-order chi connectivity index (χ1) is 13.1. The molecule has 0 spiro atoms. The minimum absolute atomic E-state index is 0.000879. The molecule has 1 aromatic rings. The summed E-state index contributed by atoms with van der Waals surface area (Å²) in [6, 6.07) is 9.35. The number of carbonyl (C=O) groups excluding carboxylic acids is 1. The van der Waals surface area contributed by atoms with E-state index in [1.165, 1.54) is 0 Å². The first-order valence-corrected chi connectivity index (χ1v) is 9.54. The molecule has 1 heterocycles. The fourth-order valence-corrected chi connectivity index (χ4v) is 3.03. The van der Waals surface area contributed by atoms with Crippen LogP contribution in [0.2, 0.25) is 0 Å². The van der Waals surface area contributed by atoms with Gasteiger partial charge in [-0.05, 0) is 38.3 Å². The molecule has 1 saturated heterocycles. The normalized spacial score (nSPS) is 23.9. The summed E-state index contributed by atoms with van der Waals surface area (Å²) in [5.41, 5.74) is 0. The maximum absolute atomic E-state index is 10.9. The highest BCUT2D eigenvalue weighted by atomic mass is 16.5. The van der Waals surface area contributed by atoms with E-state index in [0.29, 0.717) is 18.8 Å². The van der Waals surface area contributed by atoms with Crippen molar-refractivity contribution in [1.82, 2.24) is 0 Å². The number of Topliss-reactive ketones (excluding diaryl/α,β-unsaturated/α-hetero) is 1. The van der Waals surface area contributed by atoms with E-state index in [4.69, 9.17) is 9.47 Å². The van der Waals surface area contributed by atoms with Gasteiger partial charge in [0.1, 0.15) is 24.2 Å². The van der Waals surface area contributed by atoms with Gasteiger partial charge in [-0.3, -0.25) is 0 Å². The Balaban J connectivity index is 1.74. The number of hydrogen-bond acceptors (Lipinski definition) is 5. The van der Waals surface area contributed by atoms with Crippen molar-refractivity contribution in [2.24, 2.45) is 5.92 Å². The van der Waals surface area contributed by atoms with Gasteiger partial charge in [0.2, 0.25) is 0 Å². The summed E-state index contributed by atoms with van der Waals surface area (Å²) in [6.07, 6.45) is 9.06. The van der Waals surface area contributed by atoms with Crippen LogP contribution in [-0.2, 0) is 9.53 Å². The number of rotatable bonds is 11. The van der Waals surface area contributed by atoms with Gasteiger partial charge in [-0.15, -0.1) is 0 Å². The number of benzene rings is 1. The van der Waals surface area contributed by atoms with Crippen molar-refractivity contribution >= 4 is 5.78 Å². The average Bonchev–Trinajstić information content (AvgIpc) is 3.01. The number of aliphatic hydroxyl groups excluding tert-OH is 2. The third-order valence-corrected chi connectivity index (χ3v) is 4.56. The number of para-hydroxylation sites is 1. The van der Waals surface area contributed by atoms with Gasteiger partial charge in [0.25, 0.3) is 0 Å². The van der Waals surface area contributed by atoms with Crippen molar-refractivity contribution in [3.05, 3.63) is 54.6 Å². The van der Waals surface area contributed by atoms with Gasteiger partial charge in [0, 0.05) is 12.3 Å². The third kappa shape index (κ3) is 8.08.